The van der Waals surface area contributed by atoms with Crippen molar-refractivity contribution in [1.82, 2.24) is 4.90 Å². The summed E-state index contributed by atoms with van der Waals surface area (Å²) in [7, 11) is 1.72. The van der Waals surface area contributed by atoms with Crippen LogP contribution in [0.15, 0.2) is 24.3 Å². The van der Waals surface area contributed by atoms with Gasteiger partial charge < -0.3 is 10.5 Å². The first-order valence-electron chi connectivity index (χ1n) is 8.30. The smallest absolute Gasteiger partial charge is 0.118 e. The summed E-state index contributed by atoms with van der Waals surface area (Å²) in [5.41, 5.74) is 7.72. The molecular formula is C18H28N2O. The summed E-state index contributed by atoms with van der Waals surface area (Å²) in [6.45, 7) is 4.80. The van der Waals surface area contributed by atoms with Crippen LogP contribution in [-0.4, -0.2) is 37.2 Å². The van der Waals surface area contributed by atoms with E-state index in [1.54, 1.807) is 7.11 Å². The Balaban J connectivity index is 1.59. The predicted molar refractivity (Wildman–Crippen MR) is 86.5 cm³/mol. The van der Waals surface area contributed by atoms with Crippen molar-refractivity contribution in [2.75, 3.05) is 20.2 Å². The number of likely N-dealkylation sites (tertiary alicyclic amines) is 1. The Morgan fingerprint density at radius 3 is 2.67 bits per heavy atom. The molecule has 2 fully saturated rings. The standard InChI is InChI=1S/C18H28N2O/c1-13(10-14-6-8-16(21-2)9-7-14)20-11-15-4-3-5-18(19)17(15)12-20/h6-9,13,15,17-18H,3-5,10-12,19H2,1-2H3. The first kappa shape index (κ1) is 14.9. The van der Waals surface area contributed by atoms with Gasteiger partial charge in [0.15, 0.2) is 0 Å². The van der Waals surface area contributed by atoms with E-state index in [0.717, 1.165) is 24.0 Å². The van der Waals surface area contributed by atoms with E-state index >= 15 is 0 Å². The Kier molecular flexibility index (Phi) is 4.51. The van der Waals surface area contributed by atoms with Crippen molar-refractivity contribution >= 4 is 0 Å². The molecule has 1 aromatic rings. The van der Waals surface area contributed by atoms with Crippen molar-refractivity contribution in [1.29, 1.82) is 0 Å². The van der Waals surface area contributed by atoms with Gasteiger partial charge in [-0.1, -0.05) is 18.6 Å². The number of rotatable bonds is 4. The maximum absolute atomic E-state index is 6.33. The molecule has 1 saturated carbocycles. The van der Waals surface area contributed by atoms with E-state index in [1.807, 2.05) is 0 Å². The van der Waals surface area contributed by atoms with Gasteiger partial charge >= 0.3 is 0 Å². The maximum Gasteiger partial charge on any atom is 0.118 e. The second-order valence-corrected chi connectivity index (χ2v) is 6.87. The van der Waals surface area contributed by atoms with E-state index in [-0.39, 0.29) is 0 Å². The second-order valence-electron chi connectivity index (χ2n) is 6.87. The van der Waals surface area contributed by atoms with Gasteiger partial charge in [0.1, 0.15) is 5.75 Å². The highest BCUT2D eigenvalue weighted by Crippen LogP contribution is 2.36. The van der Waals surface area contributed by atoms with Crippen LogP contribution in [0.5, 0.6) is 5.75 Å². The zero-order chi connectivity index (χ0) is 14.8. The van der Waals surface area contributed by atoms with E-state index in [0.29, 0.717) is 12.1 Å². The molecule has 1 aromatic carbocycles. The summed E-state index contributed by atoms with van der Waals surface area (Å²) in [5.74, 6) is 2.51. The third kappa shape index (κ3) is 3.24. The van der Waals surface area contributed by atoms with Crippen molar-refractivity contribution in [3.05, 3.63) is 29.8 Å². The van der Waals surface area contributed by atoms with Crippen LogP contribution in [0.3, 0.4) is 0 Å². The van der Waals surface area contributed by atoms with Crippen LogP contribution >= 0.6 is 0 Å². The molecule has 1 aliphatic heterocycles. The van der Waals surface area contributed by atoms with Gasteiger partial charge in [0, 0.05) is 25.2 Å². The minimum absolute atomic E-state index is 0.432. The van der Waals surface area contributed by atoms with Gasteiger partial charge in [0.05, 0.1) is 7.11 Å². The first-order chi connectivity index (χ1) is 10.2. The summed E-state index contributed by atoms with van der Waals surface area (Å²) in [5, 5.41) is 0. The van der Waals surface area contributed by atoms with Crippen molar-refractivity contribution < 1.29 is 4.74 Å². The molecule has 4 atom stereocenters. The molecule has 3 rings (SSSR count). The minimum Gasteiger partial charge on any atom is -0.497 e. The Morgan fingerprint density at radius 2 is 2.00 bits per heavy atom. The lowest BCUT2D eigenvalue weighted by molar-refractivity contribution is 0.241. The van der Waals surface area contributed by atoms with Crippen molar-refractivity contribution in [3.63, 3.8) is 0 Å². The van der Waals surface area contributed by atoms with Crippen LogP contribution in [0.25, 0.3) is 0 Å². The number of hydrogen-bond acceptors (Lipinski definition) is 3. The summed E-state index contributed by atoms with van der Waals surface area (Å²) in [6, 6.07) is 9.51. The van der Waals surface area contributed by atoms with Crippen LogP contribution < -0.4 is 10.5 Å². The van der Waals surface area contributed by atoms with E-state index < -0.39 is 0 Å². The molecule has 3 heteroatoms. The molecular weight excluding hydrogens is 260 g/mol. The van der Waals surface area contributed by atoms with Gasteiger partial charge in [-0.25, -0.2) is 0 Å². The van der Waals surface area contributed by atoms with E-state index in [2.05, 4.69) is 36.1 Å². The molecule has 0 radical (unpaired) electrons. The molecule has 2 aliphatic rings. The summed E-state index contributed by atoms with van der Waals surface area (Å²) in [6.07, 6.45) is 5.04. The van der Waals surface area contributed by atoms with Gasteiger partial charge in [-0.3, -0.25) is 4.90 Å². The van der Waals surface area contributed by atoms with Gasteiger partial charge in [0.25, 0.3) is 0 Å². The highest BCUT2D eigenvalue weighted by molar-refractivity contribution is 5.27. The number of methoxy groups -OCH3 is 1. The average Bonchev–Trinajstić information content (AvgIpc) is 2.94. The molecule has 1 aliphatic carbocycles. The molecule has 0 bridgehead atoms. The second kappa shape index (κ2) is 6.37. The molecule has 1 saturated heterocycles. The van der Waals surface area contributed by atoms with Crippen LogP contribution in [0.1, 0.15) is 31.7 Å². The monoisotopic (exact) mass is 288 g/mol. The fraction of sp³-hybridized carbons (Fsp3) is 0.667. The highest BCUT2D eigenvalue weighted by Gasteiger charge is 2.39. The molecule has 4 unspecified atom stereocenters. The van der Waals surface area contributed by atoms with Crippen LogP contribution in [0.2, 0.25) is 0 Å². The van der Waals surface area contributed by atoms with E-state index in [9.17, 15) is 0 Å². The fourth-order valence-corrected chi connectivity index (χ4v) is 4.14. The van der Waals surface area contributed by atoms with Gasteiger partial charge in [-0.15, -0.1) is 0 Å². The molecule has 0 amide bonds. The van der Waals surface area contributed by atoms with E-state index in [1.165, 1.54) is 37.9 Å². The van der Waals surface area contributed by atoms with Crippen LogP contribution in [-0.2, 0) is 6.42 Å². The fourth-order valence-electron chi connectivity index (χ4n) is 4.14. The van der Waals surface area contributed by atoms with Crippen molar-refractivity contribution in [3.8, 4) is 5.75 Å². The van der Waals surface area contributed by atoms with Crippen LogP contribution in [0, 0.1) is 11.8 Å². The number of hydrogen-bond donors (Lipinski definition) is 1. The SMILES string of the molecule is COc1ccc(CC(C)N2CC3CCCC(N)C3C2)cc1. The molecule has 116 valence electrons. The molecule has 3 nitrogen and oxygen atoms in total. The third-order valence-corrected chi connectivity index (χ3v) is 5.50. The zero-order valence-electron chi connectivity index (χ0n) is 13.3. The van der Waals surface area contributed by atoms with Gasteiger partial charge in [-0.05, 0) is 55.7 Å². The lowest BCUT2D eigenvalue weighted by atomic mass is 9.78. The molecule has 0 aromatic heterocycles. The van der Waals surface area contributed by atoms with Crippen molar-refractivity contribution in [2.24, 2.45) is 17.6 Å². The quantitative estimate of drug-likeness (QED) is 0.926. The summed E-state index contributed by atoms with van der Waals surface area (Å²) >= 11 is 0. The lowest BCUT2D eigenvalue weighted by Crippen LogP contribution is -2.39. The Labute approximate surface area is 128 Å². The Bertz CT molecular complexity index is 459. The van der Waals surface area contributed by atoms with Gasteiger partial charge in [-0.2, -0.15) is 0 Å². The minimum atomic E-state index is 0.432. The summed E-state index contributed by atoms with van der Waals surface area (Å²) in [4.78, 5) is 2.66. The first-order valence-corrected chi connectivity index (χ1v) is 8.30. The highest BCUT2D eigenvalue weighted by atomic mass is 16.5. The number of fused-ring (bicyclic) bond motifs is 1. The topological polar surface area (TPSA) is 38.5 Å². The van der Waals surface area contributed by atoms with Crippen LogP contribution in [0.4, 0.5) is 0 Å². The molecule has 0 spiro atoms. The van der Waals surface area contributed by atoms with E-state index in [4.69, 9.17) is 10.5 Å². The predicted octanol–water partition coefficient (Wildman–Crippen LogP) is 2.69. The number of benzene rings is 1. The Hall–Kier alpha value is -1.06. The number of nitrogens with two attached hydrogens (primary N) is 1. The van der Waals surface area contributed by atoms with Crippen molar-refractivity contribution in [2.45, 2.75) is 44.7 Å². The number of ether oxygens (including phenoxy) is 1. The average molecular weight is 288 g/mol. The third-order valence-electron chi connectivity index (χ3n) is 5.50. The molecule has 2 N–H and O–H groups in total. The lowest BCUT2D eigenvalue weighted by Gasteiger charge is -2.30. The largest absolute Gasteiger partial charge is 0.497 e. The normalized spacial score (nSPS) is 30.9. The zero-order valence-corrected chi connectivity index (χ0v) is 13.3. The van der Waals surface area contributed by atoms with Gasteiger partial charge in [0.2, 0.25) is 0 Å². The number of nitrogens with zero attached hydrogens (tertiary/aromatic N) is 1. The Morgan fingerprint density at radius 1 is 1.24 bits per heavy atom. The molecule has 21 heavy (non-hydrogen) atoms. The maximum atomic E-state index is 6.33. The molecule has 1 heterocycles. The summed E-state index contributed by atoms with van der Waals surface area (Å²) < 4.78 is 5.23.